The summed E-state index contributed by atoms with van der Waals surface area (Å²) in [5.74, 6) is 0. The maximum atomic E-state index is 11.3. The first-order valence-corrected chi connectivity index (χ1v) is 7.04. The normalized spacial score (nSPS) is 17.4. The Kier molecular flexibility index (Phi) is 4.04. The van der Waals surface area contributed by atoms with E-state index in [1.165, 1.54) is 0 Å². The van der Waals surface area contributed by atoms with Crippen molar-refractivity contribution in [3.8, 4) is 0 Å². The zero-order chi connectivity index (χ0) is 7.49. The van der Waals surface area contributed by atoms with Crippen molar-refractivity contribution in [2.24, 2.45) is 4.36 Å². The maximum absolute atomic E-state index is 11.3. The number of nitrogens with zero attached hydrogens (tertiary/aromatic N) is 1. The molecule has 0 N–H and O–H groups in total. The zero-order valence-electron chi connectivity index (χ0n) is 5.93. The second-order valence-electron chi connectivity index (χ2n) is 1.99. The summed E-state index contributed by atoms with van der Waals surface area (Å²) in [7, 11) is 0. The molecule has 1 atom stereocenters. The quantitative estimate of drug-likeness (QED) is 0.553. The molecular weight excluding hydrogens is 249 g/mol. The van der Waals surface area contributed by atoms with E-state index in [2.05, 4.69) is 4.36 Å². The van der Waals surface area contributed by atoms with Gasteiger partial charge in [-0.15, -0.1) is 0 Å². The van der Waals surface area contributed by atoms with E-state index in [1.807, 2.05) is 42.0 Å². The third-order valence-electron chi connectivity index (χ3n) is 0.887. The van der Waals surface area contributed by atoms with E-state index in [1.54, 1.807) is 0 Å². The number of hydrogen-bond donors (Lipinski definition) is 0. The van der Waals surface area contributed by atoms with Crippen LogP contribution in [0.4, 0.5) is 0 Å². The highest BCUT2D eigenvalue weighted by Gasteiger charge is 2.06. The molecule has 0 aromatic heterocycles. The van der Waals surface area contributed by atoms with Crippen LogP contribution in [0.2, 0.25) is 0 Å². The summed E-state index contributed by atoms with van der Waals surface area (Å²) in [4.78, 5) is 0. The van der Waals surface area contributed by atoms with Gasteiger partial charge in [0.25, 0.3) is 0 Å². The largest absolute Gasteiger partial charge is 0.239 e. The maximum Gasteiger partial charge on any atom is 0.104 e. The minimum atomic E-state index is -1.90. The fourth-order valence-electron chi connectivity index (χ4n) is 0.325. The average molecular weight is 261 g/mol. The van der Waals surface area contributed by atoms with E-state index in [9.17, 15) is 4.21 Å². The SMILES string of the molecule is CCN=S(=O)(I)C(C)C. The highest BCUT2D eigenvalue weighted by molar-refractivity contribution is 14.2. The fraction of sp³-hybridized carbons (Fsp3) is 1.00. The van der Waals surface area contributed by atoms with Gasteiger partial charge in [-0.05, 0) is 20.8 Å². The van der Waals surface area contributed by atoms with Crippen LogP contribution in [0.5, 0.6) is 0 Å². The van der Waals surface area contributed by atoms with E-state index >= 15 is 0 Å². The van der Waals surface area contributed by atoms with Crippen molar-refractivity contribution in [2.45, 2.75) is 26.0 Å². The number of rotatable bonds is 2. The highest BCUT2D eigenvalue weighted by Crippen LogP contribution is 2.13. The Morgan fingerprint density at radius 1 is 1.67 bits per heavy atom. The Morgan fingerprint density at radius 2 is 2.11 bits per heavy atom. The van der Waals surface area contributed by atoms with Crippen LogP contribution in [-0.2, 0) is 6.90 Å². The second-order valence-corrected chi connectivity index (χ2v) is 7.97. The standard InChI is InChI=1S/C5H12INOS/c1-4-7-9(6,8)5(2)3/h5H,4H2,1-3H3. The van der Waals surface area contributed by atoms with Crippen molar-refractivity contribution in [2.75, 3.05) is 6.54 Å². The van der Waals surface area contributed by atoms with Crippen molar-refractivity contribution in [3.05, 3.63) is 0 Å². The third kappa shape index (κ3) is 3.40. The van der Waals surface area contributed by atoms with E-state index < -0.39 is 6.90 Å². The van der Waals surface area contributed by atoms with Crippen LogP contribution < -0.4 is 0 Å². The van der Waals surface area contributed by atoms with Crippen LogP contribution in [0.3, 0.4) is 0 Å². The van der Waals surface area contributed by atoms with Crippen LogP contribution >= 0.6 is 21.2 Å². The van der Waals surface area contributed by atoms with Gasteiger partial charge in [-0.25, -0.2) is 8.57 Å². The Balaban J connectivity index is 4.39. The van der Waals surface area contributed by atoms with E-state index in [0.717, 1.165) is 0 Å². The molecule has 0 aromatic rings. The molecule has 0 saturated carbocycles. The van der Waals surface area contributed by atoms with Crippen molar-refractivity contribution in [1.29, 1.82) is 0 Å². The summed E-state index contributed by atoms with van der Waals surface area (Å²) in [5.41, 5.74) is 0. The Bertz CT molecular complexity index is 181. The van der Waals surface area contributed by atoms with Gasteiger partial charge in [0.2, 0.25) is 0 Å². The molecule has 2 nitrogen and oxygen atoms in total. The monoisotopic (exact) mass is 261 g/mol. The molecule has 4 heteroatoms. The Hall–Kier alpha value is 0.680. The molecule has 56 valence electrons. The van der Waals surface area contributed by atoms with Crippen LogP contribution in [0.25, 0.3) is 0 Å². The first-order chi connectivity index (χ1) is 4.00. The molecule has 0 fully saturated rings. The second kappa shape index (κ2) is 3.75. The average Bonchev–Trinajstić information content (AvgIpc) is 1.65. The van der Waals surface area contributed by atoms with Gasteiger partial charge in [-0.3, -0.25) is 0 Å². The van der Waals surface area contributed by atoms with Crippen LogP contribution in [-0.4, -0.2) is 16.0 Å². The van der Waals surface area contributed by atoms with Crippen molar-refractivity contribution in [1.82, 2.24) is 0 Å². The number of halogens is 1. The first kappa shape index (κ1) is 9.68. The lowest BCUT2D eigenvalue weighted by Gasteiger charge is -2.03. The lowest BCUT2D eigenvalue weighted by Crippen LogP contribution is -2.04. The van der Waals surface area contributed by atoms with Gasteiger partial charge < -0.3 is 0 Å². The zero-order valence-corrected chi connectivity index (χ0v) is 8.90. The molecule has 0 amide bonds. The third-order valence-corrected chi connectivity index (χ3v) is 6.55. The van der Waals surface area contributed by atoms with E-state index in [-0.39, 0.29) is 5.25 Å². The minimum absolute atomic E-state index is 0.165. The number of hydrogen-bond acceptors (Lipinski definition) is 2. The lowest BCUT2D eigenvalue weighted by atomic mass is 10.6. The molecule has 0 saturated heterocycles. The topological polar surface area (TPSA) is 29.4 Å². The summed E-state index contributed by atoms with van der Waals surface area (Å²) < 4.78 is 15.3. The van der Waals surface area contributed by atoms with E-state index in [4.69, 9.17) is 0 Å². The van der Waals surface area contributed by atoms with Crippen LogP contribution in [0.1, 0.15) is 20.8 Å². The molecule has 0 aliphatic heterocycles. The van der Waals surface area contributed by atoms with Gasteiger partial charge in [0.1, 0.15) is 6.90 Å². The molecule has 9 heavy (non-hydrogen) atoms. The molecule has 1 unspecified atom stereocenters. The molecule has 0 aliphatic carbocycles. The van der Waals surface area contributed by atoms with Gasteiger partial charge in [-0.1, -0.05) is 0 Å². The predicted molar refractivity (Wildman–Crippen MR) is 50.3 cm³/mol. The van der Waals surface area contributed by atoms with Gasteiger partial charge >= 0.3 is 0 Å². The van der Waals surface area contributed by atoms with Gasteiger partial charge in [-0.2, -0.15) is 0 Å². The van der Waals surface area contributed by atoms with Gasteiger partial charge in [0, 0.05) is 33.0 Å². The summed E-state index contributed by atoms with van der Waals surface area (Å²) in [6, 6.07) is 0. The Morgan fingerprint density at radius 3 is 2.22 bits per heavy atom. The highest BCUT2D eigenvalue weighted by atomic mass is 127. The molecule has 0 radical (unpaired) electrons. The molecule has 0 aromatic carbocycles. The molecule has 0 bridgehead atoms. The van der Waals surface area contributed by atoms with Gasteiger partial charge in [0.05, 0.1) is 0 Å². The molecule has 0 heterocycles. The Labute approximate surface area is 69.2 Å². The molecule has 0 spiro atoms. The molecular formula is C5H12INOS. The van der Waals surface area contributed by atoms with E-state index in [0.29, 0.717) is 6.54 Å². The van der Waals surface area contributed by atoms with Crippen molar-refractivity contribution < 1.29 is 4.21 Å². The molecule has 0 rings (SSSR count). The predicted octanol–water partition coefficient (Wildman–Crippen LogP) is 2.23. The summed E-state index contributed by atoms with van der Waals surface area (Å²) >= 11 is 1.93. The van der Waals surface area contributed by atoms with Crippen molar-refractivity contribution >= 4 is 28.1 Å². The van der Waals surface area contributed by atoms with Gasteiger partial charge in [0.15, 0.2) is 0 Å². The lowest BCUT2D eigenvalue weighted by molar-refractivity contribution is 0.680. The van der Waals surface area contributed by atoms with Crippen molar-refractivity contribution in [3.63, 3.8) is 0 Å². The summed E-state index contributed by atoms with van der Waals surface area (Å²) in [6.45, 7) is 4.50. The summed E-state index contributed by atoms with van der Waals surface area (Å²) in [6.07, 6.45) is 0. The minimum Gasteiger partial charge on any atom is -0.239 e. The smallest absolute Gasteiger partial charge is 0.104 e. The summed E-state index contributed by atoms with van der Waals surface area (Å²) in [5, 5.41) is 0.165. The molecule has 0 aliphatic rings. The fourth-order valence-corrected chi connectivity index (χ4v) is 1.81. The van der Waals surface area contributed by atoms with Crippen LogP contribution in [0, 0.1) is 0 Å². The van der Waals surface area contributed by atoms with Crippen LogP contribution in [0.15, 0.2) is 4.36 Å². The first-order valence-electron chi connectivity index (χ1n) is 2.92.